The minimum absolute atomic E-state index is 0.116. The van der Waals surface area contributed by atoms with Gasteiger partial charge in [0.15, 0.2) is 0 Å². The third kappa shape index (κ3) is 2.43. The lowest BCUT2D eigenvalue weighted by molar-refractivity contribution is -0.384. The van der Waals surface area contributed by atoms with E-state index in [4.69, 9.17) is 0 Å². The first-order valence-corrected chi connectivity index (χ1v) is 5.59. The molecular weight excluding hydrogens is 220 g/mol. The van der Waals surface area contributed by atoms with Crippen LogP contribution >= 0.6 is 0 Å². The van der Waals surface area contributed by atoms with Gasteiger partial charge in [-0.15, -0.1) is 0 Å². The van der Waals surface area contributed by atoms with E-state index in [0.717, 1.165) is 5.56 Å². The van der Waals surface area contributed by atoms with Crippen LogP contribution in [0.25, 0.3) is 0 Å². The normalized spacial score (nSPS) is 16.1. The number of Topliss-reactive ketones (excluding diaryl/α,β-unsaturated/α-hetero) is 1. The zero-order valence-corrected chi connectivity index (χ0v) is 9.68. The van der Waals surface area contributed by atoms with Gasteiger partial charge in [0.25, 0.3) is 5.69 Å². The predicted octanol–water partition coefficient (Wildman–Crippen LogP) is 2.07. The average molecular weight is 234 g/mol. The molecule has 1 heterocycles. The molecule has 0 bridgehead atoms. The quantitative estimate of drug-likeness (QED) is 0.580. The zero-order valence-electron chi connectivity index (χ0n) is 9.68. The first-order chi connectivity index (χ1) is 8.08. The van der Waals surface area contributed by atoms with Gasteiger partial charge in [0.2, 0.25) is 0 Å². The number of nitro benzene ring substituents is 1. The fourth-order valence-electron chi connectivity index (χ4n) is 2.04. The molecule has 5 heteroatoms. The van der Waals surface area contributed by atoms with Crippen molar-refractivity contribution < 1.29 is 9.72 Å². The fourth-order valence-corrected chi connectivity index (χ4v) is 2.04. The summed E-state index contributed by atoms with van der Waals surface area (Å²) in [5.74, 6) is 0.233. The number of hydrogen-bond donors (Lipinski definition) is 0. The van der Waals surface area contributed by atoms with E-state index in [-0.39, 0.29) is 16.4 Å². The maximum Gasteiger partial charge on any atom is 0.292 e. The van der Waals surface area contributed by atoms with Gasteiger partial charge in [-0.05, 0) is 18.6 Å². The number of nitrogens with zero attached hydrogens (tertiary/aromatic N) is 2. The highest BCUT2D eigenvalue weighted by Crippen LogP contribution is 2.30. The van der Waals surface area contributed by atoms with E-state index >= 15 is 0 Å². The summed E-state index contributed by atoms with van der Waals surface area (Å²) in [6.07, 6.45) is 0.955. The van der Waals surface area contributed by atoms with Crippen LogP contribution in [0.2, 0.25) is 0 Å². The van der Waals surface area contributed by atoms with Crippen LogP contribution in [-0.4, -0.2) is 23.8 Å². The summed E-state index contributed by atoms with van der Waals surface area (Å²) in [7, 11) is 0. The molecule has 0 aliphatic carbocycles. The largest absolute Gasteiger partial charge is 0.365 e. The Balaban J connectivity index is 2.33. The Morgan fingerprint density at radius 3 is 2.53 bits per heavy atom. The van der Waals surface area contributed by atoms with Gasteiger partial charge >= 0.3 is 0 Å². The maximum atomic E-state index is 11.2. The number of nitro groups is 1. The van der Waals surface area contributed by atoms with E-state index in [2.05, 4.69) is 0 Å². The standard InChI is InChI=1S/C12H14N2O3/c1-9-2-3-11(14(16)17)12(8-9)13-6-4-10(15)5-7-13/h2-3,8H,4-7H2,1H3. The van der Waals surface area contributed by atoms with Crippen molar-refractivity contribution in [3.8, 4) is 0 Å². The number of carbonyl (C=O) groups excluding carboxylic acids is 1. The summed E-state index contributed by atoms with van der Waals surface area (Å²) in [6, 6.07) is 5.08. The van der Waals surface area contributed by atoms with Crippen molar-refractivity contribution >= 4 is 17.2 Å². The number of rotatable bonds is 2. The second-order valence-corrected chi connectivity index (χ2v) is 4.28. The summed E-state index contributed by atoms with van der Waals surface area (Å²) in [5.41, 5.74) is 1.73. The number of piperidine rings is 1. The number of aryl methyl sites for hydroxylation is 1. The molecular formula is C12H14N2O3. The fraction of sp³-hybridized carbons (Fsp3) is 0.417. The molecule has 1 aromatic rings. The van der Waals surface area contributed by atoms with Crippen molar-refractivity contribution in [2.45, 2.75) is 19.8 Å². The molecule has 0 atom stereocenters. The maximum absolute atomic E-state index is 11.2. The van der Waals surface area contributed by atoms with Gasteiger partial charge in [0.05, 0.1) is 4.92 Å². The molecule has 1 aliphatic heterocycles. The first kappa shape index (κ1) is 11.6. The van der Waals surface area contributed by atoms with Crippen molar-refractivity contribution in [2.75, 3.05) is 18.0 Å². The molecule has 1 fully saturated rings. The summed E-state index contributed by atoms with van der Waals surface area (Å²) >= 11 is 0. The minimum atomic E-state index is -0.370. The molecule has 0 radical (unpaired) electrons. The first-order valence-electron chi connectivity index (χ1n) is 5.59. The van der Waals surface area contributed by atoms with Gasteiger partial charge in [-0.2, -0.15) is 0 Å². The third-order valence-corrected chi connectivity index (χ3v) is 2.99. The average Bonchev–Trinajstić information content (AvgIpc) is 2.29. The molecule has 1 aliphatic rings. The van der Waals surface area contributed by atoms with Crippen LogP contribution < -0.4 is 4.90 Å². The predicted molar refractivity (Wildman–Crippen MR) is 64.3 cm³/mol. The summed E-state index contributed by atoms with van der Waals surface area (Å²) in [4.78, 5) is 23.7. The van der Waals surface area contributed by atoms with Crippen molar-refractivity contribution in [1.82, 2.24) is 0 Å². The van der Waals surface area contributed by atoms with Gasteiger partial charge in [-0.3, -0.25) is 14.9 Å². The van der Waals surface area contributed by atoms with Crippen molar-refractivity contribution in [3.63, 3.8) is 0 Å². The highest BCUT2D eigenvalue weighted by Gasteiger charge is 2.23. The number of anilines is 1. The molecule has 0 saturated carbocycles. The highest BCUT2D eigenvalue weighted by molar-refractivity contribution is 5.81. The number of carbonyl (C=O) groups is 1. The van der Waals surface area contributed by atoms with E-state index in [0.29, 0.717) is 31.6 Å². The monoisotopic (exact) mass is 234 g/mol. The Hall–Kier alpha value is -1.91. The molecule has 1 saturated heterocycles. The van der Waals surface area contributed by atoms with Gasteiger partial charge in [0, 0.05) is 32.0 Å². The molecule has 1 aromatic carbocycles. The van der Waals surface area contributed by atoms with E-state index in [9.17, 15) is 14.9 Å². The zero-order chi connectivity index (χ0) is 12.4. The number of hydrogen-bond acceptors (Lipinski definition) is 4. The summed E-state index contributed by atoms with van der Waals surface area (Å²) < 4.78 is 0. The van der Waals surface area contributed by atoms with Crippen LogP contribution in [0.3, 0.4) is 0 Å². The molecule has 5 nitrogen and oxygen atoms in total. The van der Waals surface area contributed by atoms with Crippen molar-refractivity contribution in [3.05, 3.63) is 33.9 Å². The van der Waals surface area contributed by atoms with Crippen molar-refractivity contribution in [1.29, 1.82) is 0 Å². The van der Waals surface area contributed by atoms with Crippen LogP contribution in [0, 0.1) is 17.0 Å². The molecule has 0 unspecified atom stereocenters. The van der Waals surface area contributed by atoms with Crippen LogP contribution in [-0.2, 0) is 4.79 Å². The van der Waals surface area contributed by atoms with Crippen LogP contribution in [0.15, 0.2) is 18.2 Å². The van der Waals surface area contributed by atoms with Gasteiger partial charge in [0.1, 0.15) is 11.5 Å². The van der Waals surface area contributed by atoms with Gasteiger partial charge < -0.3 is 4.90 Å². The minimum Gasteiger partial charge on any atom is -0.365 e. The molecule has 0 aromatic heterocycles. The van der Waals surface area contributed by atoms with Gasteiger partial charge in [-0.1, -0.05) is 6.07 Å². The van der Waals surface area contributed by atoms with Crippen LogP contribution in [0.1, 0.15) is 18.4 Å². The lowest BCUT2D eigenvalue weighted by Crippen LogP contribution is -2.34. The molecule has 0 spiro atoms. The van der Waals surface area contributed by atoms with Crippen LogP contribution in [0.4, 0.5) is 11.4 Å². The van der Waals surface area contributed by atoms with E-state index in [1.165, 1.54) is 6.07 Å². The third-order valence-electron chi connectivity index (χ3n) is 2.99. The Kier molecular flexibility index (Phi) is 3.08. The smallest absolute Gasteiger partial charge is 0.292 e. The Morgan fingerprint density at radius 2 is 1.94 bits per heavy atom. The molecule has 90 valence electrons. The topological polar surface area (TPSA) is 63.5 Å². The number of ketones is 1. The lowest BCUT2D eigenvalue weighted by Gasteiger charge is -2.27. The second-order valence-electron chi connectivity index (χ2n) is 4.28. The Morgan fingerprint density at radius 1 is 1.29 bits per heavy atom. The number of benzene rings is 1. The SMILES string of the molecule is Cc1ccc([N+](=O)[O-])c(N2CCC(=O)CC2)c1. The Bertz CT molecular complexity index is 461. The van der Waals surface area contributed by atoms with E-state index in [1.807, 2.05) is 17.9 Å². The summed E-state index contributed by atoms with van der Waals surface area (Å²) in [5, 5.41) is 11.0. The van der Waals surface area contributed by atoms with Gasteiger partial charge in [-0.25, -0.2) is 0 Å². The Labute approximate surface area is 99.2 Å². The summed E-state index contributed by atoms with van der Waals surface area (Å²) in [6.45, 7) is 3.05. The second kappa shape index (κ2) is 4.53. The molecule has 0 amide bonds. The lowest BCUT2D eigenvalue weighted by atomic mass is 10.1. The van der Waals surface area contributed by atoms with Crippen molar-refractivity contribution in [2.24, 2.45) is 0 Å². The molecule has 17 heavy (non-hydrogen) atoms. The molecule has 2 rings (SSSR count). The van der Waals surface area contributed by atoms with Crippen LogP contribution in [0.5, 0.6) is 0 Å². The molecule has 0 N–H and O–H groups in total. The highest BCUT2D eigenvalue weighted by atomic mass is 16.6. The van der Waals surface area contributed by atoms with E-state index in [1.54, 1.807) is 6.07 Å². The van der Waals surface area contributed by atoms with E-state index < -0.39 is 0 Å².